The molecule has 2 rings (SSSR count). The quantitative estimate of drug-likeness (QED) is 0.520. The number of rotatable bonds is 1. The van der Waals surface area contributed by atoms with Gasteiger partial charge in [0.15, 0.2) is 0 Å². The fourth-order valence-electron chi connectivity index (χ4n) is 0.749. The number of amidine groups is 2. The van der Waals surface area contributed by atoms with Crippen molar-refractivity contribution in [3.63, 3.8) is 0 Å². The third-order valence-electron chi connectivity index (χ3n) is 1.21. The number of aliphatic imine (C=N–C) groups is 2. The van der Waals surface area contributed by atoms with Crippen molar-refractivity contribution in [1.29, 1.82) is 0 Å². The molecule has 0 bridgehead atoms. The van der Waals surface area contributed by atoms with E-state index in [1.54, 1.807) is 0 Å². The molecule has 10 heteroatoms. The molecule has 0 radical (unpaired) electrons. The van der Waals surface area contributed by atoms with Gasteiger partial charge < -0.3 is 0 Å². The van der Waals surface area contributed by atoms with Crippen molar-refractivity contribution in [3.8, 4) is 0 Å². The Bertz CT molecular complexity index is 355. The molecule has 14 heavy (non-hydrogen) atoms. The molecule has 0 saturated heterocycles. The van der Waals surface area contributed by atoms with E-state index >= 15 is 0 Å². The van der Waals surface area contributed by atoms with Gasteiger partial charge in [0.2, 0.25) is 11.7 Å². The van der Waals surface area contributed by atoms with Crippen LogP contribution in [0, 0.1) is 0 Å². The Hall–Kier alpha value is -0.300. The average Bonchev–Trinajstić information content (AvgIpc) is 2.54. The SMILES string of the molecule is ClC1(Cl)N=NC(C2=NC(Cl)(Cl)N=N2)=N1. The smallest absolute Gasteiger partial charge is 0.200 e. The molecule has 2 heterocycles. The highest BCUT2D eigenvalue weighted by Gasteiger charge is 2.35. The third-order valence-corrected chi connectivity index (χ3v) is 1.85. The summed E-state index contributed by atoms with van der Waals surface area (Å²) >= 11 is 22.1. The molecule has 2 aliphatic rings. The highest BCUT2D eigenvalue weighted by atomic mass is 35.5. The van der Waals surface area contributed by atoms with Gasteiger partial charge in [-0.1, -0.05) is 0 Å². The number of halogens is 4. The van der Waals surface area contributed by atoms with Crippen LogP contribution in [0.2, 0.25) is 0 Å². The molecule has 2 aliphatic heterocycles. The molecule has 0 aromatic heterocycles. The first-order valence-electron chi connectivity index (χ1n) is 3.19. The molecule has 0 fully saturated rings. The lowest BCUT2D eigenvalue weighted by molar-refractivity contribution is 0.873. The van der Waals surface area contributed by atoms with Crippen molar-refractivity contribution in [2.45, 2.75) is 9.16 Å². The summed E-state index contributed by atoms with van der Waals surface area (Å²) in [6, 6.07) is 0. The second-order valence-electron chi connectivity index (χ2n) is 2.29. The number of hydrogen-bond acceptors (Lipinski definition) is 6. The van der Waals surface area contributed by atoms with Gasteiger partial charge in [-0.25, -0.2) is 0 Å². The molecule has 0 aromatic rings. The molecule has 0 N–H and O–H groups in total. The molecular formula is C4Cl4N6. The minimum Gasteiger partial charge on any atom is -0.200 e. The lowest BCUT2D eigenvalue weighted by Crippen LogP contribution is -2.09. The van der Waals surface area contributed by atoms with E-state index in [0.29, 0.717) is 0 Å². The van der Waals surface area contributed by atoms with Gasteiger partial charge in [0, 0.05) is 0 Å². The Labute approximate surface area is 97.7 Å². The fourth-order valence-corrected chi connectivity index (χ4v) is 1.22. The lowest BCUT2D eigenvalue weighted by Gasteiger charge is -1.98. The van der Waals surface area contributed by atoms with Crippen LogP contribution in [0.5, 0.6) is 0 Å². The predicted molar refractivity (Wildman–Crippen MR) is 53.5 cm³/mol. The first-order valence-corrected chi connectivity index (χ1v) is 4.71. The van der Waals surface area contributed by atoms with Gasteiger partial charge in [-0.2, -0.15) is 9.98 Å². The summed E-state index contributed by atoms with van der Waals surface area (Å²) in [6.07, 6.45) is 0. The van der Waals surface area contributed by atoms with E-state index in [0.717, 1.165) is 0 Å². The van der Waals surface area contributed by atoms with Crippen LogP contribution >= 0.6 is 46.4 Å². The van der Waals surface area contributed by atoms with Crippen LogP contribution in [0.25, 0.3) is 0 Å². The maximum atomic E-state index is 5.54. The molecule has 0 amide bonds. The summed E-state index contributed by atoms with van der Waals surface area (Å²) < 4.78 is -3.26. The van der Waals surface area contributed by atoms with Crippen LogP contribution in [-0.4, -0.2) is 20.8 Å². The van der Waals surface area contributed by atoms with Crippen LogP contribution in [0.15, 0.2) is 30.4 Å². The van der Waals surface area contributed by atoms with Crippen molar-refractivity contribution in [2.24, 2.45) is 30.4 Å². The zero-order valence-electron chi connectivity index (χ0n) is 6.20. The van der Waals surface area contributed by atoms with Crippen LogP contribution in [0.1, 0.15) is 0 Å². The summed E-state index contributed by atoms with van der Waals surface area (Å²) in [5.74, 6) is 0.0869. The summed E-state index contributed by atoms with van der Waals surface area (Å²) in [7, 11) is 0. The number of azo groups is 2. The summed E-state index contributed by atoms with van der Waals surface area (Å²) in [5.41, 5.74) is 0. The van der Waals surface area contributed by atoms with E-state index in [4.69, 9.17) is 46.4 Å². The Morgan fingerprint density at radius 1 is 0.714 bits per heavy atom. The number of nitrogens with zero attached hydrogens (tertiary/aromatic N) is 6. The second-order valence-corrected chi connectivity index (χ2v) is 4.78. The lowest BCUT2D eigenvalue weighted by atomic mass is 10.5. The zero-order chi connectivity index (χ0) is 10.4. The van der Waals surface area contributed by atoms with Crippen molar-refractivity contribution >= 4 is 58.1 Å². The van der Waals surface area contributed by atoms with Gasteiger partial charge in [-0.15, -0.1) is 20.5 Å². The predicted octanol–water partition coefficient (Wildman–Crippen LogP) is 2.89. The minimum atomic E-state index is -1.63. The maximum absolute atomic E-state index is 5.54. The van der Waals surface area contributed by atoms with Crippen molar-refractivity contribution < 1.29 is 0 Å². The summed E-state index contributed by atoms with van der Waals surface area (Å²) in [5, 5.41) is 13.9. The van der Waals surface area contributed by atoms with E-state index in [2.05, 4.69) is 30.4 Å². The van der Waals surface area contributed by atoms with Crippen molar-refractivity contribution in [1.82, 2.24) is 0 Å². The third kappa shape index (κ3) is 2.03. The van der Waals surface area contributed by atoms with Gasteiger partial charge in [0.1, 0.15) is 0 Å². The van der Waals surface area contributed by atoms with Gasteiger partial charge >= 0.3 is 9.16 Å². The molecule has 0 unspecified atom stereocenters. The van der Waals surface area contributed by atoms with E-state index in [-0.39, 0.29) is 11.7 Å². The molecule has 74 valence electrons. The molecule has 0 aromatic carbocycles. The molecule has 6 nitrogen and oxygen atoms in total. The first kappa shape index (κ1) is 10.2. The molecular weight excluding hydrogens is 274 g/mol. The fraction of sp³-hybridized carbons (Fsp3) is 0.500. The Balaban J connectivity index is 2.30. The number of hydrogen-bond donors (Lipinski definition) is 0. The van der Waals surface area contributed by atoms with Crippen LogP contribution in [0.4, 0.5) is 0 Å². The Morgan fingerprint density at radius 2 is 1.07 bits per heavy atom. The summed E-state index contributed by atoms with van der Waals surface area (Å²) in [6.45, 7) is 0. The molecule has 0 aliphatic carbocycles. The highest BCUT2D eigenvalue weighted by molar-refractivity contribution is 6.53. The zero-order valence-corrected chi connectivity index (χ0v) is 9.22. The van der Waals surface area contributed by atoms with Crippen LogP contribution < -0.4 is 0 Å². The molecule has 0 spiro atoms. The first-order chi connectivity index (χ1) is 6.38. The van der Waals surface area contributed by atoms with Gasteiger partial charge in [0.05, 0.1) is 0 Å². The topological polar surface area (TPSA) is 74.2 Å². The van der Waals surface area contributed by atoms with Crippen LogP contribution in [0.3, 0.4) is 0 Å². The summed E-state index contributed by atoms with van der Waals surface area (Å²) in [4.78, 5) is 7.36. The van der Waals surface area contributed by atoms with Gasteiger partial charge in [0.25, 0.3) is 0 Å². The minimum absolute atomic E-state index is 0.0434. The monoisotopic (exact) mass is 272 g/mol. The Morgan fingerprint density at radius 3 is 1.29 bits per heavy atom. The largest absolute Gasteiger partial charge is 0.325 e. The van der Waals surface area contributed by atoms with E-state index in [1.165, 1.54) is 0 Å². The highest BCUT2D eigenvalue weighted by Crippen LogP contribution is 2.33. The van der Waals surface area contributed by atoms with Gasteiger partial charge in [-0.05, 0) is 46.4 Å². The molecule has 0 saturated carbocycles. The normalized spacial score (nSPS) is 26.6. The van der Waals surface area contributed by atoms with Crippen molar-refractivity contribution in [2.75, 3.05) is 0 Å². The van der Waals surface area contributed by atoms with E-state index < -0.39 is 9.16 Å². The second kappa shape index (κ2) is 3.10. The van der Waals surface area contributed by atoms with E-state index in [9.17, 15) is 0 Å². The van der Waals surface area contributed by atoms with Crippen molar-refractivity contribution in [3.05, 3.63) is 0 Å². The van der Waals surface area contributed by atoms with Crippen LogP contribution in [-0.2, 0) is 0 Å². The van der Waals surface area contributed by atoms with Gasteiger partial charge in [-0.3, -0.25) is 0 Å². The Kier molecular flexibility index (Phi) is 2.26. The van der Waals surface area contributed by atoms with E-state index in [1.807, 2.05) is 0 Å². The standard InChI is InChI=1S/C4Cl4N6/c5-3(6)9-1(11-13-3)2-10-4(7,8)14-12-2. The number of alkyl halides is 4. The molecule has 0 atom stereocenters. The average molecular weight is 274 g/mol. The maximum Gasteiger partial charge on any atom is 0.325 e.